The summed E-state index contributed by atoms with van der Waals surface area (Å²) in [6.07, 6.45) is 2.52. The summed E-state index contributed by atoms with van der Waals surface area (Å²) in [5.74, 6) is 0.393. The molecule has 1 amide bonds. The van der Waals surface area contributed by atoms with Crippen LogP contribution in [0.15, 0.2) is 71.8 Å². The minimum atomic E-state index is -0.477. The Morgan fingerprint density at radius 2 is 1.64 bits per heavy atom. The Balaban J connectivity index is 1.53. The molecule has 0 aliphatic heterocycles. The summed E-state index contributed by atoms with van der Waals surface area (Å²) in [6, 6.07) is 20.0. The molecular formula is C31H35IN2O5. The largest absolute Gasteiger partial charge is 0.493 e. The molecule has 3 aromatic carbocycles. The molecule has 0 radical (unpaired) electrons. The molecule has 0 bridgehead atoms. The minimum absolute atomic E-state index is 0.0338. The predicted molar refractivity (Wildman–Crippen MR) is 162 cm³/mol. The zero-order valence-electron chi connectivity index (χ0n) is 23.2. The molecule has 39 heavy (non-hydrogen) atoms. The van der Waals surface area contributed by atoms with Crippen LogP contribution in [0.5, 0.6) is 17.2 Å². The SMILES string of the molecule is COc1cc(C=NNC(=O)COc2ccc(C(C)(C)CC(C)(C)C)cc2)ccc1OC(=O)c1ccccc1I. The van der Waals surface area contributed by atoms with Gasteiger partial charge in [0.1, 0.15) is 5.75 Å². The average molecular weight is 643 g/mol. The van der Waals surface area contributed by atoms with E-state index in [1.807, 2.05) is 36.4 Å². The van der Waals surface area contributed by atoms with Crippen molar-refractivity contribution in [3.05, 3.63) is 87.0 Å². The van der Waals surface area contributed by atoms with Gasteiger partial charge in [-0.05, 0) is 93.4 Å². The average Bonchev–Trinajstić information content (AvgIpc) is 2.87. The van der Waals surface area contributed by atoms with Crippen molar-refractivity contribution in [3.63, 3.8) is 0 Å². The van der Waals surface area contributed by atoms with Crippen LogP contribution in [0.25, 0.3) is 0 Å². The van der Waals surface area contributed by atoms with E-state index in [1.165, 1.54) is 18.9 Å². The Hall–Kier alpha value is -3.40. The van der Waals surface area contributed by atoms with E-state index >= 15 is 0 Å². The highest BCUT2D eigenvalue weighted by Gasteiger charge is 2.27. The van der Waals surface area contributed by atoms with Crippen LogP contribution in [0, 0.1) is 8.99 Å². The topological polar surface area (TPSA) is 86.2 Å². The second kappa shape index (κ2) is 13.1. The van der Waals surface area contributed by atoms with Crippen molar-refractivity contribution < 1.29 is 23.8 Å². The number of carbonyl (C=O) groups is 2. The molecular weight excluding hydrogens is 607 g/mol. The Labute approximate surface area is 244 Å². The number of nitrogens with zero attached hydrogens (tertiary/aromatic N) is 1. The number of hydrazone groups is 1. The maximum absolute atomic E-state index is 12.5. The molecule has 0 atom stereocenters. The number of halogens is 1. The molecule has 0 saturated heterocycles. The number of nitrogens with one attached hydrogen (secondary N) is 1. The normalized spacial score (nSPS) is 11.8. The second-order valence-corrected chi connectivity index (χ2v) is 12.2. The maximum atomic E-state index is 12.5. The van der Waals surface area contributed by atoms with Gasteiger partial charge in [-0.3, -0.25) is 4.79 Å². The quantitative estimate of drug-likeness (QED) is 0.0869. The van der Waals surface area contributed by atoms with E-state index in [1.54, 1.807) is 30.3 Å². The third kappa shape index (κ3) is 9.09. The highest BCUT2D eigenvalue weighted by atomic mass is 127. The molecule has 0 aliphatic carbocycles. The lowest BCUT2D eigenvalue weighted by molar-refractivity contribution is -0.123. The van der Waals surface area contributed by atoms with E-state index in [9.17, 15) is 9.59 Å². The molecule has 3 rings (SSSR count). The van der Waals surface area contributed by atoms with Crippen LogP contribution in [0.3, 0.4) is 0 Å². The zero-order valence-corrected chi connectivity index (χ0v) is 25.4. The van der Waals surface area contributed by atoms with Gasteiger partial charge in [0.05, 0.1) is 18.9 Å². The third-order valence-electron chi connectivity index (χ3n) is 5.86. The summed E-state index contributed by atoms with van der Waals surface area (Å²) < 4.78 is 17.3. The van der Waals surface area contributed by atoms with Crippen molar-refractivity contribution in [3.8, 4) is 17.2 Å². The summed E-state index contributed by atoms with van der Waals surface area (Å²) in [4.78, 5) is 24.8. The molecule has 0 spiro atoms. The molecule has 7 nitrogen and oxygen atoms in total. The molecule has 0 saturated carbocycles. The van der Waals surface area contributed by atoms with Crippen LogP contribution >= 0.6 is 22.6 Å². The van der Waals surface area contributed by atoms with Crippen molar-refractivity contribution in [1.82, 2.24) is 5.43 Å². The second-order valence-electron chi connectivity index (χ2n) is 11.0. The van der Waals surface area contributed by atoms with Crippen LogP contribution in [-0.4, -0.2) is 31.8 Å². The van der Waals surface area contributed by atoms with Crippen LogP contribution < -0.4 is 19.6 Å². The highest BCUT2D eigenvalue weighted by molar-refractivity contribution is 14.1. The van der Waals surface area contributed by atoms with E-state index in [4.69, 9.17) is 14.2 Å². The van der Waals surface area contributed by atoms with Gasteiger partial charge < -0.3 is 14.2 Å². The first kappa shape index (κ1) is 30.1. The molecule has 0 fully saturated rings. The fourth-order valence-electron chi connectivity index (χ4n) is 4.42. The Bertz CT molecular complexity index is 1330. The molecule has 0 unspecified atom stereocenters. The smallest absolute Gasteiger partial charge is 0.344 e. The van der Waals surface area contributed by atoms with E-state index in [0.29, 0.717) is 22.6 Å². The first-order chi connectivity index (χ1) is 18.4. The lowest BCUT2D eigenvalue weighted by atomic mass is 9.72. The first-order valence-electron chi connectivity index (χ1n) is 12.6. The molecule has 0 heterocycles. The summed E-state index contributed by atoms with van der Waals surface area (Å²) in [7, 11) is 1.48. The summed E-state index contributed by atoms with van der Waals surface area (Å²) >= 11 is 2.09. The van der Waals surface area contributed by atoms with Crippen molar-refractivity contribution in [2.24, 2.45) is 10.5 Å². The molecule has 3 aromatic rings. The molecule has 0 aliphatic rings. The number of amides is 1. The first-order valence-corrected chi connectivity index (χ1v) is 13.7. The van der Waals surface area contributed by atoms with Crippen molar-refractivity contribution in [2.45, 2.75) is 46.5 Å². The number of ether oxygens (including phenoxy) is 3. The Kier molecular flexibility index (Phi) is 10.1. The van der Waals surface area contributed by atoms with Crippen LogP contribution in [0.2, 0.25) is 0 Å². The maximum Gasteiger partial charge on any atom is 0.344 e. The van der Waals surface area contributed by atoms with Crippen molar-refractivity contribution in [2.75, 3.05) is 13.7 Å². The summed E-state index contributed by atoms with van der Waals surface area (Å²) in [6.45, 7) is 11.0. The lowest BCUT2D eigenvalue weighted by Crippen LogP contribution is -2.25. The Morgan fingerprint density at radius 1 is 0.949 bits per heavy atom. The fraction of sp³-hybridized carbons (Fsp3) is 0.323. The van der Waals surface area contributed by atoms with Gasteiger partial charge in [0.2, 0.25) is 0 Å². The van der Waals surface area contributed by atoms with Crippen LogP contribution in [-0.2, 0) is 10.2 Å². The standard InChI is InChI=1S/C31H35IN2O5/c1-30(2,3)20-31(4,5)22-12-14-23(15-13-22)38-19-28(35)34-33-18-21-11-16-26(27(17-21)37-6)39-29(36)24-9-7-8-10-25(24)32/h7-18H,19-20H2,1-6H3,(H,34,35). The molecule has 1 N–H and O–H groups in total. The van der Waals surface area contributed by atoms with Gasteiger partial charge in [-0.2, -0.15) is 5.10 Å². The van der Waals surface area contributed by atoms with Gasteiger partial charge in [-0.1, -0.05) is 58.9 Å². The van der Waals surface area contributed by atoms with Gasteiger partial charge in [0.25, 0.3) is 5.91 Å². The van der Waals surface area contributed by atoms with Gasteiger partial charge >= 0.3 is 5.97 Å². The lowest BCUT2D eigenvalue weighted by Gasteiger charge is -2.33. The number of hydrogen-bond acceptors (Lipinski definition) is 6. The van der Waals surface area contributed by atoms with E-state index in [-0.39, 0.29) is 23.2 Å². The van der Waals surface area contributed by atoms with Crippen LogP contribution in [0.4, 0.5) is 0 Å². The number of esters is 1. The third-order valence-corrected chi connectivity index (χ3v) is 6.81. The van der Waals surface area contributed by atoms with E-state index in [0.717, 1.165) is 9.99 Å². The van der Waals surface area contributed by atoms with Gasteiger partial charge in [0, 0.05) is 3.57 Å². The molecule has 206 valence electrons. The van der Waals surface area contributed by atoms with Gasteiger partial charge in [-0.25, -0.2) is 10.2 Å². The summed E-state index contributed by atoms with van der Waals surface area (Å²) in [5.41, 5.74) is 5.05. The minimum Gasteiger partial charge on any atom is -0.493 e. The zero-order chi connectivity index (χ0) is 28.6. The van der Waals surface area contributed by atoms with Gasteiger partial charge in [-0.15, -0.1) is 0 Å². The van der Waals surface area contributed by atoms with Crippen LogP contribution in [0.1, 0.15) is 62.5 Å². The van der Waals surface area contributed by atoms with Crippen molar-refractivity contribution >= 4 is 40.7 Å². The predicted octanol–water partition coefficient (Wildman–Crippen LogP) is 6.76. The number of benzene rings is 3. The summed E-state index contributed by atoms with van der Waals surface area (Å²) in [5, 5.41) is 3.99. The number of hydrogen-bond donors (Lipinski definition) is 1. The monoisotopic (exact) mass is 642 g/mol. The van der Waals surface area contributed by atoms with E-state index < -0.39 is 11.9 Å². The molecule has 8 heteroatoms. The number of rotatable bonds is 10. The Morgan fingerprint density at radius 3 is 2.28 bits per heavy atom. The number of methoxy groups -OCH3 is 1. The van der Waals surface area contributed by atoms with Gasteiger partial charge in [0.15, 0.2) is 18.1 Å². The number of carbonyl (C=O) groups excluding carboxylic acids is 2. The van der Waals surface area contributed by atoms with E-state index in [2.05, 4.69) is 67.7 Å². The molecule has 0 aromatic heterocycles. The van der Waals surface area contributed by atoms with Crippen molar-refractivity contribution in [1.29, 1.82) is 0 Å². The highest BCUT2D eigenvalue weighted by Crippen LogP contribution is 2.36. The fourth-order valence-corrected chi connectivity index (χ4v) is 5.03.